The first-order valence-corrected chi connectivity index (χ1v) is 23.1. The van der Waals surface area contributed by atoms with Crippen molar-refractivity contribution < 1.29 is 63.2 Å². The second kappa shape index (κ2) is 31.2. The number of carboxylic acids is 3. The zero-order valence-corrected chi connectivity index (χ0v) is 41.8. The molecular weight excluding hydrogens is 925 g/mol. The van der Waals surface area contributed by atoms with Crippen LogP contribution in [-0.2, 0) is 54.3 Å². The summed E-state index contributed by atoms with van der Waals surface area (Å²) < 4.78 is 5.73. The Balaban J connectivity index is 2.85. The molecule has 0 saturated carbocycles. The van der Waals surface area contributed by atoms with Crippen molar-refractivity contribution in [2.45, 2.75) is 129 Å². The number of aliphatic imine (C=N–C) groups is 1. The van der Waals surface area contributed by atoms with Gasteiger partial charge in [0.15, 0.2) is 5.96 Å². The van der Waals surface area contributed by atoms with Gasteiger partial charge in [0.1, 0.15) is 35.9 Å². The third-order valence-electron chi connectivity index (χ3n) is 11.2. The zero-order chi connectivity index (χ0) is 54.1. The fourth-order valence-corrected chi connectivity index (χ4v) is 6.83. The van der Waals surface area contributed by atoms with E-state index in [4.69, 9.17) is 21.9 Å². The summed E-state index contributed by atoms with van der Waals surface area (Å²) in [7, 11) is 2.86. The van der Waals surface area contributed by atoms with E-state index in [-0.39, 0.29) is 56.1 Å². The number of nitrogens with one attached hydrogen (secondary N) is 5. The quantitative estimate of drug-likeness (QED) is 0.0152. The molecule has 14 N–H and O–H groups in total. The van der Waals surface area contributed by atoms with Crippen molar-refractivity contribution in [1.29, 1.82) is 0 Å². The van der Waals surface area contributed by atoms with Crippen LogP contribution in [0.5, 0.6) is 0 Å². The van der Waals surface area contributed by atoms with E-state index in [1.807, 2.05) is 50.3 Å². The van der Waals surface area contributed by atoms with Crippen LogP contribution < -0.4 is 43.8 Å². The first-order valence-electron chi connectivity index (χ1n) is 23.1. The Hall–Kier alpha value is -7.14. The highest BCUT2D eigenvalue weighted by Crippen LogP contribution is 2.18. The van der Waals surface area contributed by atoms with Crippen LogP contribution in [0.25, 0.3) is 0 Å². The highest BCUT2D eigenvalue weighted by atomic mass is 16.5. The molecule has 1 aromatic rings. The molecule has 1 rings (SSSR count). The standard InChI is InChI=1S/C48H74N10O13/c1-26(2)22-36(44(64)57-37(47(69)70)25-39(59)54-34(45(65)66)16-13-21-52-48(50)51)56-42(62)30(6)53-43(63)31(7)58(8)40(60)20-19-35(46(67)68)55-41(61)29(5)33(49)18-17-27(3)23-28(4)38(71-9)24-32-14-11-10-12-15-32/h10-12,14-15,17-18,23,26,28-30,33-38H,7,13,16,19-22,24-25,49H2,1-6,8-9H3,(H,53,63)(H,54,59)(H,55,61)(H,56,62)(H,57,64)(H,65,66)(H,67,68)(H,69,70)(H4,50,51,52). The summed E-state index contributed by atoms with van der Waals surface area (Å²) in [5.41, 5.74) is 18.4. The molecule has 0 saturated heterocycles. The van der Waals surface area contributed by atoms with E-state index in [9.17, 15) is 58.5 Å². The number of carboxylic acid groups (broad SMARTS) is 3. The van der Waals surface area contributed by atoms with Crippen LogP contribution >= 0.6 is 0 Å². The molecule has 0 radical (unpaired) electrons. The molecule has 394 valence electrons. The maximum absolute atomic E-state index is 13.3. The van der Waals surface area contributed by atoms with E-state index in [0.717, 1.165) is 16.0 Å². The van der Waals surface area contributed by atoms with Crippen LogP contribution in [0.4, 0.5) is 0 Å². The Morgan fingerprint density at radius 3 is 1.90 bits per heavy atom. The van der Waals surface area contributed by atoms with Gasteiger partial charge in [-0.2, -0.15) is 0 Å². The average Bonchev–Trinajstić information content (AvgIpc) is 3.30. The van der Waals surface area contributed by atoms with Crippen LogP contribution in [0.1, 0.15) is 85.6 Å². The summed E-state index contributed by atoms with van der Waals surface area (Å²) in [6.45, 7) is 13.8. The lowest BCUT2D eigenvalue weighted by atomic mass is 9.95. The van der Waals surface area contributed by atoms with E-state index < -0.39 is 114 Å². The predicted molar refractivity (Wildman–Crippen MR) is 264 cm³/mol. The number of hydrogen-bond acceptors (Lipinski definition) is 12. The highest BCUT2D eigenvalue weighted by molar-refractivity contribution is 6.00. The van der Waals surface area contributed by atoms with Gasteiger partial charge in [-0.1, -0.05) is 88.4 Å². The van der Waals surface area contributed by atoms with Gasteiger partial charge in [-0.3, -0.25) is 33.8 Å². The largest absolute Gasteiger partial charge is 0.480 e. The normalized spacial score (nSPS) is 15.3. The maximum atomic E-state index is 13.3. The van der Waals surface area contributed by atoms with Crippen LogP contribution in [0.2, 0.25) is 0 Å². The van der Waals surface area contributed by atoms with Gasteiger partial charge in [0.05, 0.1) is 18.4 Å². The number of benzene rings is 1. The Labute approximate surface area is 414 Å². The van der Waals surface area contributed by atoms with Crippen LogP contribution in [0, 0.1) is 17.8 Å². The molecule has 23 nitrogen and oxygen atoms in total. The second-order valence-corrected chi connectivity index (χ2v) is 17.7. The summed E-state index contributed by atoms with van der Waals surface area (Å²) in [4.78, 5) is 119. The Morgan fingerprint density at radius 2 is 1.35 bits per heavy atom. The van der Waals surface area contributed by atoms with Gasteiger partial charge in [0, 0.05) is 39.1 Å². The minimum absolute atomic E-state index is 0.0128. The van der Waals surface area contributed by atoms with Gasteiger partial charge >= 0.3 is 17.9 Å². The molecule has 0 aliphatic heterocycles. The number of allylic oxidation sites excluding steroid dienone is 2. The fourth-order valence-electron chi connectivity index (χ4n) is 6.83. The molecule has 0 bridgehead atoms. The lowest BCUT2D eigenvalue weighted by molar-refractivity contribution is -0.145. The minimum atomic E-state index is -1.83. The van der Waals surface area contributed by atoms with E-state index in [1.165, 1.54) is 20.9 Å². The zero-order valence-electron chi connectivity index (χ0n) is 41.8. The molecule has 0 fully saturated rings. The van der Waals surface area contributed by atoms with Crippen LogP contribution in [0.15, 0.2) is 71.4 Å². The maximum Gasteiger partial charge on any atom is 0.326 e. The molecule has 9 atom stereocenters. The van der Waals surface area contributed by atoms with E-state index in [2.05, 4.69) is 38.2 Å². The molecule has 0 aliphatic rings. The van der Waals surface area contributed by atoms with Crippen molar-refractivity contribution in [2.24, 2.45) is 39.9 Å². The number of rotatable bonds is 32. The van der Waals surface area contributed by atoms with Crippen molar-refractivity contribution in [3.8, 4) is 0 Å². The van der Waals surface area contributed by atoms with Crippen molar-refractivity contribution in [2.75, 3.05) is 20.7 Å². The van der Waals surface area contributed by atoms with Gasteiger partial charge in [0.25, 0.3) is 5.91 Å². The number of amides is 6. The van der Waals surface area contributed by atoms with Gasteiger partial charge in [-0.15, -0.1) is 0 Å². The monoisotopic (exact) mass is 999 g/mol. The molecule has 9 unspecified atom stereocenters. The number of carbonyl (C=O) groups is 9. The predicted octanol–water partition coefficient (Wildman–Crippen LogP) is 0.286. The third kappa shape index (κ3) is 23.3. The minimum Gasteiger partial charge on any atom is -0.480 e. The Kier molecular flexibility index (Phi) is 27.2. The first kappa shape index (κ1) is 61.9. The molecule has 71 heavy (non-hydrogen) atoms. The number of nitrogens with two attached hydrogens (primary N) is 3. The van der Waals surface area contributed by atoms with Crippen molar-refractivity contribution in [1.82, 2.24) is 31.5 Å². The lowest BCUT2D eigenvalue weighted by Crippen LogP contribution is -2.56. The molecule has 0 aromatic heterocycles. The number of hydrogen-bond donors (Lipinski definition) is 11. The molecule has 0 spiro atoms. The molecule has 6 amide bonds. The first-order chi connectivity index (χ1) is 33.2. The number of likely N-dealkylation sites (N-methyl/N-ethyl adjacent to an activating group) is 1. The topological polar surface area (TPSA) is 377 Å². The van der Waals surface area contributed by atoms with Gasteiger partial charge in [-0.25, -0.2) is 14.4 Å². The van der Waals surface area contributed by atoms with Crippen molar-refractivity contribution >= 4 is 59.3 Å². The number of methoxy groups -OCH3 is 1. The molecule has 23 heteroatoms. The number of guanidine groups is 1. The van der Waals surface area contributed by atoms with Crippen LogP contribution in [0.3, 0.4) is 0 Å². The molecule has 0 heterocycles. The summed E-state index contributed by atoms with van der Waals surface area (Å²) in [5.74, 6) is -11.0. The SMILES string of the molecule is C=C(C(=O)NC(C)C(=O)NC(CC(C)C)C(=O)NC(CC(=O)NC(CCCN=C(N)N)C(=O)O)C(=O)O)N(C)C(=O)CCC(NC(=O)C(C)C(N)C=CC(C)=CC(C)C(Cc1ccccc1)OC)C(=O)O. The summed E-state index contributed by atoms with van der Waals surface area (Å²) in [5, 5.41) is 40.8. The fraction of sp³-hybridized carbons (Fsp3) is 0.542. The Morgan fingerprint density at radius 1 is 0.789 bits per heavy atom. The average molecular weight is 999 g/mol. The van der Waals surface area contributed by atoms with Crippen LogP contribution in [-0.4, -0.2) is 143 Å². The lowest BCUT2D eigenvalue weighted by Gasteiger charge is -2.25. The third-order valence-corrected chi connectivity index (χ3v) is 11.2. The number of carbonyl (C=O) groups excluding carboxylic acids is 6. The van der Waals surface area contributed by atoms with E-state index >= 15 is 0 Å². The van der Waals surface area contributed by atoms with Gasteiger partial charge < -0.3 is 68.7 Å². The molecule has 0 aliphatic carbocycles. The number of aliphatic carboxylic acids is 3. The van der Waals surface area contributed by atoms with Crippen molar-refractivity contribution in [3.63, 3.8) is 0 Å². The molecular formula is C48H74N10O13. The highest BCUT2D eigenvalue weighted by Gasteiger charge is 2.32. The Bertz CT molecular complexity index is 2110. The van der Waals surface area contributed by atoms with E-state index in [1.54, 1.807) is 33.1 Å². The molecule has 1 aromatic carbocycles. The summed E-state index contributed by atoms with van der Waals surface area (Å²) in [6, 6.07) is 1.71. The van der Waals surface area contributed by atoms with Crippen molar-refractivity contribution in [3.05, 3.63) is 72.0 Å². The van der Waals surface area contributed by atoms with Gasteiger partial charge in [-0.05, 0) is 57.4 Å². The second-order valence-electron chi connectivity index (χ2n) is 17.7. The summed E-state index contributed by atoms with van der Waals surface area (Å²) in [6.07, 6.45) is 4.49. The van der Waals surface area contributed by atoms with E-state index in [0.29, 0.717) is 6.42 Å². The number of nitrogens with zero attached hydrogens (tertiary/aromatic N) is 2. The smallest absolute Gasteiger partial charge is 0.326 e. The number of ether oxygens (including phenoxy) is 1. The summed E-state index contributed by atoms with van der Waals surface area (Å²) >= 11 is 0. The van der Waals surface area contributed by atoms with Gasteiger partial charge in [0.2, 0.25) is 29.5 Å².